The summed E-state index contributed by atoms with van der Waals surface area (Å²) in [7, 11) is 0. The molecule has 0 saturated carbocycles. The lowest BCUT2D eigenvalue weighted by molar-refractivity contribution is 0.463. The summed E-state index contributed by atoms with van der Waals surface area (Å²) >= 11 is 0. The third-order valence-electron chi connectivity index (χ3n) is 8.17. The largest absolute Gasteiger partial charge is 0.507 e. The summed E-state index contributed by atoms with van der Waals surface area (Å²) in [6.45, 7) is 13.5. The molecular formula is C42H40N2O2. The molecule has 0 unspecified atom stereocenters. The third-order valence-corrected chi connectivity index (χ3v) is 8.17. The molecule has 2 aromatic heterocycles. The molecule has 4 aromatic carbocycles. The van der Waals surface area contributed by atoms with E-state index in [2.05, 4.69) is 95.1 Å². The number of hydrogen-bond acceptors (Lipinski definition) is 4. The normalized spacial score (nSPS) is 11.8. The molecule has 46 heavy (non-hydrogen) atoms. The lowest BCUT2D eigenvalue weighted by Gasteiger charge is -2.26. The summed E-state index contributed by atoms with van der Waals surface area (Å²) in [4.78, 5) is 9.54. The average molecular weight is 605 g/mol. The predicted octanol–water partition coefficient (Wildman–Crippen LogP) is 11.2. The van der Waals surface area contributed by atoms with E-state index in [9.17, 15) is 5.11 Å². The van der Waals surface area contributed by atoms with Gasteiger partial charge >= 0.3 is 0 Å². The topological polar surface area (TPSA) is 55.2 Å². The number of hydrogen-bond donors (Lipinski definition) is 1. The third kappa shape index (κ3) is 6.87. The zero-order chi connectivity index (χ0) is 32.5. The van der Waals surface area contributed by atoms with Gasteiger partial charge in [-0.05, 0) is 92.7 Å². The Hall–Kier alpha value is -5.22. The number of phenolic OH excluding ortho intramolecular Hbond substituents is 1. The highest BCUT2D eigenvalue weighted by Gasteiger charge is 2.22. The van der Waals surface area contributed by atoms with Crippen LogP contribution in [-0.2, 0) is 10.8 Å². The van der Waals surface area contributed by atoms with Gasteiger partial charge in [-0.3, -0.25) is 0 Å². The van der Waals surface area contributed by atoms with Gasteiger partial charge in [-0.1, -0.05) is 108 Å². The number of benzene rings is 4. The summed E-state index contributed by atoms with van der Waals surface area (Å²) < 4.78 is 6.28. The fourth-order valence-electron chi connectivity index (χ4n) is 5.46. The first-order chi connectivity index (χ1) is 21.9. The second kappa shape index (κ2) is 12.3. The van der Waals surface area contributed by atoms with Crippen molar-refractivity contribution >= 4 is 0 Å². The molecule has 0 saturated heterocycles. The second-order valence-electron chi connectivity index (χ2n) is 13.8. The summed E-state index contributed by atoms with van der Waals surface area (Å²) in [5.74, 6) is 1.37. The molecule has 0 spiro atoms. The number of pyridine rings is 2. The maximum atomic E-state index is 10.9. The number of ether oxygens (including phenoxy) is 1. The van der Waals surface area contributed by atoms with Gasteiger partial charge in [0.05, 0.1) is 11.4 Å². The Labute approximate surface area is 272 Å². The van der Waals surface area contributed by atoms with E-state index in [1.165, 1.54) is 11.1 Å². The molecule has 4 heteroatoms. The van der Waals surface area contributed by atoms with E-state index < -0.39 is 0 Å². The van der Waals surface area contributed by atoms with Crippen LogP contribution in [0.2, 0.25) is 0 Å². The van der Waals surface area contributed by atoms with E-state index in [4.69, 9.17) is 9.72 Å². The molecule has 0 aliphatic carbocycles. The smallest absolute Gasteiger partial charge is 0.219 e. The molecule has 6 aromatic rings. The molecule has 1 N–H and O–H groups in total. The first-order valence-corrected chi connectivity index (χ1v) is 15.7. The van der Waals surface area contributed by atoms with Crippen LogP contribution in [-0.4, -0.2) is 15.1 Å². The van der Waals surface area contributed by atoms with Crippen LogP contribution >= 0.6 is 0 Å². The van der Waals surface area contributed by atoms with Crippen molar-refractivity contribution in [2.75, 3.05) is 0 Å². The Bertz CT molecular complexity index is 1950. The van der Waals surface area contributed by atoms with E-state index >= 15 is 0 Å². The van der Waals surface area contributed by atoms with Gasteiger partial charge in [-0.15, -0.1) is 0 Å². The molecule has 6 rings (SSSR count). The van der Waals surface area contributed by atoms with Crippen LogP contribution < -0.4 is 4.74 Å². The van der Waals surface area contributed by atoms with E-state index in [1.54, 1.807) is 12.3 Å². The van der Waals surface area contributed by atoms with Crippen LogP contribution in [0.25, 0.3) is 44.8 Å². The highest BCUT2D eigenvalue weighted by molar-refractivity contribution is 5.81. The minimum absolute atomic E-state index is 0.0336. The number of aromatic nitrogens is 2. The Kier molecular flexibility index (Phi) is 8.22. The molecule has 2 heterocycles. The minimum atomic E-state index is -0.0336. The summed E-state index contributed by atoms with van der Waals surface area (Å²) in [5, 5.41) is 10.9. The predicted molar refractivity (Wildman–Crippen MR) is 189 cm³/mol. The van der Waals surface area contributed by atoms with Crippen molar-refractivity contribution in [1.82, 2.24) is 9.97 Å². The van der Waals surface area contributed by atoms with Crippen molar-refractivity contribution in [3.05, 3.63) is 139 Å². The molecule has 0 fully saturated rings. The molecule has 0 amide bonds. The maximum Gasteiger partial charge on any atom is 0.219 e. The number of rotatable bonds is 6. The SMILES string of the molecule is CC(C)(C)c1cc(-c2cc(-c3cc(Oc4ccccn4)cc(-c4ccccc4)c3)nc(-c3ccccc3O)c2)cc(C(C)(C)C)c1. The highest BCUT2D eigenvalue weighted by atomic mass is 16.5. The monoisotopic (exact) mass is 604 g/mol. The number of phenols is 1. The number of aromatic hydroxyl groups is 1. The molecular weight excluding hydrogens is 564 g/mol. The van der Waals surface area contributed by atoms with Crippen molar-refractivity contribution in [3.63, 3.8) is 0 Å². The molecule has 0 bridgehead atoms. The molecule has 0 aliphatic heterocycles. The van der Waals surface area contributed by atoms with Crippen molar-refractivity contribution < 1.29 is 9.84 Å². The Balaban J connectivity index is 1.60. The van der Waals surface area contributed by atoms with E-state index in [0.29, 0.717) is 22.9 Å². The molecule has 0 aliphatic rings. The fraction of sp³-hybridized carbons (Fsp3) is 0.190. The summed E-state index contributed by atoms with van der Waals surface area (Å²) in [5.41, 5.74) is 9.74. The van der Waals surface area contributed by atoms with Crippen LogP contribution in [0.4, 0.5) is 0 Å². The van der Waals surface area contributed by atoms with E-state index in [1.807, 2.05) is 66.7 Å². The van der Waals surface area contributed by atoms with Crippen molar-refractivity contribution in [2.24, 2.45) is 0 Å². The van der Waals surface area contributed by atoms with E-state index in [0.717, 1.165) is 33.5 Å². The van der Waals surface area contributed by atoms with Gasteiger partial charge in [0.2, 0.25) is 5.88 Å². The number of para-hydroxylation sites is 1. The Morgan fingerprint density at radius 3 is 1.76 bits per heavy atom. The van der Waals surface area contributed by atoms with Crippen molar-refractivity contribution in [3.8, 4) is 62.1 Å². The first-order valence-electron chi connectivity index (χ1n) is 15.7. The molecule has 0 atom stereocenters. The van der Waals surface area contributed by atoms with Crippen molar-refractivity contribution in [2.45, 2.75) is 52.4 Å². The average Bonchev–Trinajstić information content (AvgIpc) is 3.04. The standard InChI is InChI=1S/C42H40N2O2/c1-41(2,3)33-21-30(22-34(27-33)42(4,5)6)31-25-37(44-38(26-31)36-16-10-11-17-39(36)45)32-20-29(28-14-8-7-9-15-28)23-35(24-32)46-40-18-12-13-19-43-40/h7-27,45H,1-6H3. The van der Waals surface area contributed by atoms with Crippen LogP contribution in [0.1, 0.15) is 52.7 Å². The van der Waals surface area contributed by atoms with E-state index in [-0.39, 0.29) is 16.6 Å². The van der Waals surface area contributed by atoms with Gasteiger partial charge in [0.15, 0.2) is 0 Å². The fourth-order valence-corrected chi connectivity index (χ4v) is 5.46. The van der Waals surface area contributed by atoms with Gasteiger partial charge < -0.3 is 9.84 Å². The zero-order valence-electron chi connectivity index (χ0n) is 27.4. The minimum Gasteiger partial charge on any atom is -0.507 e. The number of nitrogens with zero attached hydrogens (tertiary/aromatic N) is 2. The van der Waals surface area contributed by atoms with Gasteiger partial charge in [-0.2, -0.15) is 0 Å². The maximum absolute atomic E-state index is 10.9. The summed E-state index contributed by atoms with van der Waals surface area (Å²) in [6, 6.07) is 40.6. The Morgan fingerprint density at radius 1 is 0.522 bits per heavy atom. The second-order valence-corrected chi connectivity index (χ2v) is 13.8. The lowest BCUT2D eigenvalue weighted by Crippen LogP contribution is -2.16. The van der Waals surface area contributed by atoms with Crippen LogP contribution in [0.15, 0.2) is 128 Å². The zero-order valence-corrected chi connectivity index (χ0v) is 27.4. The van der Waals surface area contributed by atoms with Crippen LogP contribution in [0, 0.1) is 0 Å². The first kappa shape index (κ1) is 30.8. The van der Waals surface area contributed by atoms with Gasteiger partial charge in [0, 0.05) is 23.4 Å². The Morgan fingerprint density at radius 2 is 1.11 bits per heavy atom. The highest BCUT2D eigenvalue weighted by Crippen LogP contribution is 2.39. The van der Waals surface area contributed by atoms with Gasteiger partial charge in [-0.25, -0.2) is 9.97 Å². The molecule has 0 radical (unpaired) electrons. The summed E-state index contributed by atoms with van der Waals surface area (Å²) in [6.07, 6.45) is 1.72. The molecule has 4 nitrogen and oxygen atoms in total. The van der Waals surface area contributed by atoms with Gasteiger partial charge in [0.1, 0.15) is 11.5 Å². The van der Waals surface area contributed by atoms with Crippen molar-refractivity contribution in [1.29, 1.82) is 0 Å². The van der Waals surface area contributed by atoms with Crippen LogP contribution in [0.3, 0.4) is 0 Å². The molecule has 230 valence electrons. The van der Waals surface area contributed by atoms with Crippen LogP contribution in [0.5, 0.6) is 17.4 Å². The quantitative estimate of drug-likeness (QED) is 0.205. The van der Waals surface area contributed by atoms with Gasteiger partial charge in [0.25, 0.3) is 0 Å². The lowest BCUT2D eigenvalue weighted by atomic mass is 9.79.